The molecule has 0 bridgehead atoms. The highest BCUT2D eigenvalue weighted by Gasteiger charge is 2.19. The van der Waals surface area contributed by atoms with Gasteiger partial charge in [0, 0.05) is 28.0 Å². The van der Waals surface area contributed by atoms with E-state index in [1.807, 2.05) is 37.3 Å². The first-order chi connectivity index (χ1) is 11.7. The predicted molar refractivity (Wildman–Crippen MR) is 94.5 cm³/mol. The summed E-state index contributed by atoms with van der Waals surface area (Å²) in [6, 6.07) is 13.7. The third-order valence-electron chi connectivity index (χ3n) is 5.05. The minimum Gasteiger partial charge on any atom is -0.456 e. The van der Waals surface area contributed by atoms with Crippen molar-refractivity contribution in [3.8, 4) is 11.3 Å². The van der Waals surface area contributed by atoms with Crippen LogP contribution in [0.5, 0.6) is 0 Å². The van der Waals surface area contributed by atoms with Gasteiger partial charge in [-0.2, -0.15) is 0 Å². The van der Waals surface area contributed by atoms with E-state index in [2.05, 4.69) is 6.07 Å². The quantitative estimate of drug-likeness (QED) is 0.464. The van der Waals surface area contributed by atoms with E-state index in [1.54, 1.807) is 6.07 Å². The highest BCUT2D eigenvalue weighted by Crippen LogP contribution is 2.37. The molecule has 0 N–H and O–H groups in total. The summed E-state index contributed by atoms with van der Waals surface area (Å²) in [4.78, 5) is 12.1. The molecule has 0 fully saturated rings. The smallest absolute Gasteiger partial charge is 0.336 e. The largest absolute Gasteiger partial charge is 0.456 e. The number of aryl methyl sites for hydroxylation is 3. The van der Waals surface area contributed by atoms with Crippen LogP contribution in [0.2, 0.25) is 0 Å². The summed E-state index contributed by atoms with van der Waals surface area (Å²) >= 11 is 0. The van der Waals surface area contributed by atoms with Crippen LogP contribution in [0.25, 0.3) is 33.3 Å². The molecule has 2 aromatic heterocycles. The normalized spacial score (nSPS) is 13.7. The van der Waals surface area contributed by atoms with Crippen molar-refractivity contribution in [1.82, 2.24) is 0 Å². The molecule has 0 atom stereocenters. The molecule has 5 rings (SSSR count). The van der Waals surface area contributed by atoms with Gasteiger partial charge >= 0.3 is 5.63 Å². The summed E-state index contributed by atoms with van der Waals surface area (Å²) in [5.41, 5.74) is 5.68. The van der Waals surface area contributed by atoms with Crippen LogP contribution >= 0.6 is 0 Å². The number of furan rings is 1. The predicted octanol–water partition coefficient (Wildman–Crippen LogP) is 5.00. The number of para-hydroxylation sites is 1. The van der Waals surface area contributed by atoms with Crippen molar-refractivity contribution >= 4 is 21.9 Å². The number of hydrogen-bond donors (Lipinski definition) is 0. The van der Waals surface area contributed by atoms with E-state index < -0.39 is 0 Å². The molecule has 3 heteroatoms. The Bertz CT molecular complexity index is 1160. The van der Waals surface area contributed by atoms with Crippen LogP contribution in [0, 0.1) is 6.92 Å². The van der Waals surface area contributed by atoms with Crippen LogP contribution in [0.1, 0.15) is 23.1 Å². The molecule has 0 spiro atoms. The van der Waals surface area contributed by atoms with Crippen molar-refractivity contribution < 1.29 is 8.83 Å². The van der Waals surface area contributed by atoms with Crippen LogP contribution < -0.4 is 5.63 Å². The number of benzene rings is 2. The molecule has 4 aromatic rings. The minimum atomic E-state index is -0.338. The second kappa shape index (κ2) is 4.84. The molecule has 24 heavy (non-hydrogen) atoms. The SMILES string of the molecule is Cc1c(-c2cc(=O)oc3cc4c(cc23)CCC4)oc2ccccc12. The minimum absolute atomic E-state index is 0.338. The lowest BCUT2D eigenvalue weighted by atomic mass is 10.00. The average Bonchev–Trinajstić information content (AvgIpc) is 3.17. The molecule has 118 valence electrons. The highest BCUT2D eigenvalue weighted by molar-refractivity contribution is 5.97. The molecule has 3 nitrogen and oxygen atoms in total. The van der Waals surface area contributed by atoms with Gasteiger partial charge in [-0.15, -0.1) is 0 Å². The molecule has 1 aliphatic rings. The summed E-state index contributed by atoms with van der Waals surface area (Å²) in [5, 5.41) is 2.03. The van der Waals surface area contributed by atoms with Crippen LogP contribution in [-0.4, -0.2) is 0 Å². The fourth-order valence-corrected chi connectivity index (χ4v) is 3.85. The van der Waals surface area contributed by atoms with Crippen molar-refractivity contribution in [3.05, 3.63) is 69.6 Å². The first-order valence-electron chi connectivity index (χ1n) is 8.29. The van der Waals surface area contributed by atoms with E-state index in [0.717, 1.165) is 52.5 Å². The first kappa shape index (κ1) is 13.6. The Morgan fingerprint density at radius 1 is 0.875 bits per heavy atom. The lowest BCUT2D eigenvalue weighted by molar-refractivity contribution is 0.559. The maximum absolute atomic E-state index is 12.1. The van der Waals surface area contributed by atoms with Gasteiger partial charge in [0.25, 0.3) is 0 Å². The van der Waals surface area contributed by atoms with E-state index in [-0.39, 0.29) is 5.63 Å². The van der Waals surface area contributed by atoms with Crippen molar-refractivity contribution in [1.29, 1.82) is 0 Å². The maximum atomic E-state index is 12.1. The van der Waals surface area contributed by atoms with Crippen LogP contribution in [-0.2, 0) is 12.8 Å². The van der Waals surface area contributed by atoms with E-state index in [1.165, 1.54) is 11.1 Å². The zero-order valence-electron chi connectivity index (χ0n) is 13.4. The van der Waals surface area contributed by atoms with Crippen molar-refractivity contribution in [2.45, 2.75) is 26.2 Å². The topological polar surface area (TPSA) is 43.4 Å². The van der Waals surface area contributed by atoms with E-state index in [4.69, 9.17) is 8.83 Å². The first-order valence-corrected chi connectivity index (χ1v) is 8.29. The fourth-order valence-electron chi connectivity index (χ4n) is 3.85. The summed E-state index contributed by atoms with van der Waals surface area (Å²) in [6.07, 6.45) is 3.31. The molecule has 2 heterocycles. The lowest BCUT2D eigenvalue weighted by Gasteiger charge is -2.07. The standard InChI is InChI=1S/C21H16O3/c1-12-15-7-2-3-8-18(15)24-21(12)17-11-20(22)23-19-10-14-6-4-5-13(14)9-16(17)19/h2-3,7-11H,4-6H2,1H3. The Hall–Kier alpha value is -2.81. The molecular formula is C21H16O3. The molecule has 0 radical (unpaired) electrons. The molecule has 0 unspecified atom stereocenters. The molecule has 0 aliphatic heterocycles. The van der Waals surface area contributed by atoms with Gasteiger partial charge in [0.1, 0.15) is 16.9 Å². The van der Waals surface area contributed by atoms with Crippen LogP contribution in [0.3, 0.4) is 0 Å². The zero-order chi connectivity index (χ0) is 16.3. The summed E-state index contributed by atoms with van der Waals surface area (Å²) in [5.74, 6) is 0.757. The zero-order valence-corrected chi connectivity index (χ0v) is 13.4. The van der Waals surface area contributed by atoms with E-state index >= 15 is 0 Å². The Labute approximate surface area is 138 Å². The molecule has 0 saturated heterocycles. The summed E-state index contributed by atoms with van der Waals surface area (Å²) < 4.78 is 11.6. The van der Waals surface area contributed by atoms with Crippen LogP contribution in [0.15, 0.2) is 56.1 Å². The number of fused-ring (bicyclic) bond motifs is 3. The second-order valence-corrected chi connectivity index (χ2v) is 6.50. The van der Waals surface area contributed by atoms with Gasteiger partial charge in [-0.1, -0.05) is 18.2 Å². The monoisotopic (exact) mass is 316 g/mol. The van der Waals surface area contributed by atoms with Gasteiger partial charge < -0.3 is 8.83 Å². The van der Waals surface area contributed by atoms with Crippen molar-refractivity contribution in [2.24, 2.45) is 0 Å². The Morgan fingerprint density at radius 3 is 2.50 bits per heavy atom. The van der Waals surface area contributed by atoms with E-state index in [9.17, 15) is 4.79 Å². The fraction of sp³-hybridized carbons (Fsp3) is 0.190. The third-order valence-corrected chi connectivity index (χ3v) is 5.05. The second-order valence-electron chi connectivity index (χ2n) is 6.50. The van der Waals surface area contributed by atoms with Gasteiger partial charge in [-0.05, 0) is 55.5 Å². The van der Waals surface area contributed by atoms with Gasteiger partial charge in [-0.25, -0.2) is 4.79 Å². The number of hydrogen-bond acceptors (Lipinski definition) is 3. The van der Waals surface area contributed by atoms with Gasteiger partial charge in [0.2, 0.25) is 0 Å². The van der Waals surface area contributed by atoms with Crippen LogP contribution in [0.4, 0.5) is 0 Å². The van der Waals surface area contributed by atoms with Crippen molar-refractivity contribution in [2.75, 3.05) is 0 Å². The lowest BCUT2D eigenvalue weighted by Crippen LogP contribution is -1.99. The molecular weight excluding hydrogens is 300 g/mol. The summed E-state index contributed by atoms with van der Waals surface area (Å²) in [7, 11) is 0. The molecule has 0 amide bonds. The maximum Gasteiger partial charge on any atom is 0.336 e. The van der Waals surface area contributed by atoms with Gasteiger partial charge in [-0.3, -0.25) is 0 Å². The van der Waals surface area contributed by atoms with Gasteiger partial charge in [0.15, 0.2) is 0 Å². The highest BCUT2D eigenvalue weighted by atomic mass is 16.4. The Morgan fingerprint density at radius 2 is 1.67 bits per heavy atom. The Kier molecular flexibility index (Phi) is 2.75. The molecule has 0 saturated carbocycles. The molecule has 2 aromatic carbocycles. The average molecular weight is 316 g/mol. The Balaban J connectivity index is 1.88. The summed E-state index contributed by atoms with van der Waals surface area (Å²) in [6.45, 7) is 2.04. The number of rotatable bonds is 1. The van der Waals surface area contributed by atoms with Gasteiger partial charge in [0.05, 0.1) is 0 Å². The van der Waals surface area contributed by atoms with Crippen molar-refractivity contribution in [3.63, 3.8) is 0 Å². The van der Waals surface area contributed by atoms with E-state index in [0.29, 0.717) is 5.58 Å². The molecule has 1 aliphatic carbocycles. The third kappa shape index (κ3) is 1.88.